The first kappa shape index (κ1) is 14.5. The first-order valence-electron chi connectivity index (χ1n) is 7.04. The van der Waals surface area contributed by atoms with Crippen molar-refractivity contribution >= 4 is 33.1 Å². The second kappa shape index (κ2) is 6.15. The standard InChI is InChI=1S/C15H17BrN2O3/c1-20-12-8-10-9-17-18(13-4-2-3-7-21-13)15(10)11(5-6-19)14(12)16/h6,8-9,13H,2-5,7H2,1H3. The van der Waals surface area contributed by atoms with Crippen molar-refractivity contribution in [3.63, 3.8) is 0 Å². The molecule has 0 spiro atoms. The van der Waals surface area contributed by atoms with Crippen LogP contribution in [-0.2, 0) is 16.0 Å². The Labute approximate surface area is 131 Å². The van der Waals surface area contributed by atoms with Crippen LogP contribution in [-0.4, -0.2) is 29.8 Å². The largest absolute Gasteiger partial charge is 0.496 e. The summed E-state index contributed by atoms with van der Waals surface area (Å²) in [6.07, 6.45) is 6.13. The van der Waals surface area contributed by atoms with Gasteiger partial charge in [0.2, 0.25) is 0 Å². The Hall–Kier alpha value is -1.40. The van der Waals surface area contributed by atoms with Crippen molar-refractivity contribution in [1.82, 2.24) is 9.78 Å². The molecule has 1 fully saturated rings. The smallest absolute Gasteiger partial charge is 0.150 e. The molecule has 21 heavy (non-hydrogen) atoms. The molecule has 1 aromatic heterocycles. The van der Waals surface area contributed by atoms with E-state index < -0.39 is 0 Å². The highest BCUT2D eigenvalue weighted by molar-refractivity contribution is 9.10. The summed E-state index contributed by atoms with van der Waals surface area (Å²) in [5.41, 5.74) is 1.84. The van der Waals surface area contributed by atoms with E-state index >= 15 is 0 Å². The van der Waals surface area contributed by atoms with E-state index in [0.29, 0.717) is 12.2 Å². The molecule has 112 valence electrons. The number of methoxy groups -OCH3 is 1. The minimum atomic E-state index is -0.0538. The van der Waals surface area contributed by atoms with Crippen LogP contribution in [0.3, 0.4) is 0 Å². The topological polar surface area (TPSA) is 53.4 Å². The minimum absolute atomic E-state index is 0.0538. The lowest BCUT2D eigenvalue weighted by molar-refractivity contribution is -0.107. The Morgan fingerprint density at radius 2 is 2.43 bits per heavy atom. The number of hydrogen-bond donors (Lipinski definition) is 0. The lowest BCUT2D eigenvalue weighted by Crippen LogP contribution is -2.19. The van der Waals surface area contributed by atoms with Crippen molar-refractivity contribution < 1.29 is 14.3 Å². The second-order valence-electron chi connectivity index (χ2n) is 5.09. The summed E-state index contributed by atoms with van der Waals surface area (Å²) in [7, 11) is 1.62. The lowest BCUT2D eigenvalue weighted by atomic mass is 10.1. The van der Waals surface area contributed by atoms with Crippen LogP contribution in [0.25, 0.3) is 10.9 Å². The van der Waals surface area contributed by atoms with E-state index in [-0.39, 0.29) is 6.23 Å². The van der Waals surface area contributed by atoms with Crippen LogP contribution < -0.4 is 4.74 Å². The van der Waals surface area contributed by atoms with Crippen LogP contribution in [0.2, 0.25) is 0 Å². The highest BCUT2D eigenvalue weighted by Gasteiger charge is 2.22. The van der Waals surface area contributed by atoms with Gasteiger partial charge in [0.25, 0.3) is 0 Å². The molecule has 0 radical (unpaired) electrons. The minimum Gasteiger partial charge on any atom is -0.496 e. The van der Waals surface area contributed by atoms with Crippen molar-refractivity contribution in [2.24, 2.45) is 0 Å². The Bertz CT molecular complexity index is 662. The fraction of sp³-hybridized carbons (Fsp3) is 0.467. The van der Waals surface area contributed by atoms with Crippen molar-refractivity contribution in [3.8, 4) is 5.75 Å². The lowest BCUT2D eigenvalue weighted by Gasteiger charge is -2.24. The molecule has 1 atom stereocenters. The number of ether oxygens (including phenoxy) is 2. The third kappa shape index (κ3) is 2.58. The van der Waals surface area contributed by atoms with Gasteiger partial charge in [-0.2, -0.15) is 5.10 Å². The van der Waals surface area contributed by atoms with E-state index in [1.807, 2.05) is 10.7 Å². The zero-order valence-electron chi connectivity index (χ0n) is 11.8. The number of fused-ring (bicyclic) bond motifs is 1. The van der Waals surface area contributed by atoms with E-state index in [4.69, 9.17) is 9.47 Å². The number of aromatic nitrogens is 2. The number of nitrogens with zero attached hydrogens (tertiary/aromatic N) is 2. The molecule has 0 N–H and O–H groups in total. The molecular weight excluding hydrogens is 336 g/mol. The maximum absolute atomic E-state index is 11.1. The third-order valence-electron chi connectivity index (χ3n) is 3.81. The number of hydrogen-bond acceptors (Lipinski definition) is 4. The third-order valence-corrected chi connectivity index (χ3v) is 4.68. The molecule has 1 aromatic carbocycles. The van der Waals surface area contributed by atoms with Gasteiger partial charge in [0.15, 0.2) is 6.23 Å². The van der Waals surface area contributed by atoms with Gasteiger partial charge in [-0.05, 0) is 41.3 Å². The van der Waals surface area contributed by atoms with Crippen molar-refractivity contribution in [2.45, 2.75) is 31.9 Å². The van der Waals surface area contributed by atoms with Crippen LogP contribution in [0.15, 0.2) is 16.7 Å². The molecule has 2 heterocycles. The van der Waals surface area contributed by atoms with Crippen LogP contribution in [0.4, 0.5) is 0 Å². The Balaban J connectivity index is 2.18. The number of carbonyl (C=O) groups is 1. The first-order chi connectivity index (χ1) is 10.3. The number of carbonyl (C=O) groups excluding carboxylic acids is 1. The molecule has 1 aliphatic heterocycles. The first-order valence-corrected chi connectivity index (χ1v) is 7.83. The average Bonchev–Trinajstić information content (AvgIpc) is 2.94. The Morgan fingerprint density at radius 1 is 1.57 bits per heavy atom. The highest BCUT2D eigenvalue weighted by atomic mass is 79.9. The maximum Gasteiger partial charge on any atom is 0.150 e. The summed E-state index contributed by atoms with van der Waals surface area (Å²) in [5, 5.41) is 5.44. The molecule has 3 rings (SSSR count). The summed E-state index contributed by atoms with van der Waals surface area (Å²) in [4.78, 5) is 11.1. The monoisotopic (exact) mass is 352 g/mol. The molecule has 1 unspecified atom stereocenters. The zero-order valence-corrected chi connectivity index (χ0v) is 13.4. The van der Waals surface area contributed by atoms with Crippen molar-refractivity contribution in [3.05, 3.63) is 22.3 Å². The molecule has 0 saturated carbocycles. The van der Waals surface area contributed by atoms with Gasteiger partial charge >= 0.3 is 0 Å². The van der Waals surface area contributed by atoms with Gasteiger partial charge in [-0.15, -0.1) is 0 Å². The molecule has 2 aromatic rings. The fourth-order valence-electron chi connectivity index (χ4n) is 2.80. The summed E-state index contributed by atoms with van der Waals surface area (Å²) in [6.45, 7) is 0.756. The zero-order chi connectivity index (χ0) is 14.8. The van der Waals surface area contributed by atoms with Gasteiger partial charge in [0, 0.05) is 24.0 Å². The average molecular weight is 353 g/mol. The summed E-state index contributed by atoms with van der Waals surface area (Å²) in [6, 6.07) is 1.93. The summed E-state index contributed by atoms with van der Waals surface area (Å²) >= 11 is 3.54. The van der Waals surface area contributed by atoms with E-state index in [1.54, 1.807) is 13.3 Å². The molecule has 6 heteroatoms. The van der Waals surface area contributed by atoms with E-state index in [1.165, 1.54) is 0 Å². The Kier molecular flexibility index (Phi) is 4.26. The molecule has 0 aliphatic carbocycles. The molecule has 0 amide bonds. The molecule has 1 saturated heterocycles. The fourth-order valence-corrected chi connectivity index (χ4v) is 3.43. The quantitative estimate of drug-likeness (QED) is 0.792. The molecule has 1 aliphatic rings. The summed E-state index contributed by atoms with van der Waals surface area (Å²) < 4.78 is 13.9. The van der Waals surface area contributed by atoms with Gasteiger partial charge < -0.3 is 14.3 Å². The molecule has 5 nitrogen and oxygen atoms in total. The van der Waals surface area contributed by atoms with Gasteiger partial charge in [0.1, 0.15) is 12.0 Å². The predicted molar refractivity (Wildman–Crippen MR) is 82.6 cm³/mol. The normalized spacial score (nSPS) is 18.9. The number of rotatable bonds is 4. The molecule has 0 bridgehead atoms. The highest BCUT2D eigenvalue weighted by Crippen LogP contribution is 2.37. The Morgan fingerprint density at radius 3 is 3.10 bits per heavy atom. The van der Waals surface area contributed by atoms with E-state index in [9.17, 15) is 4.79 Å². The van der Waals surface area contributed by atoms with Crippen molar-refractivity contribution in [1.29, 1.82) is 0 Å². The van der Waals surface area contributed by atoms with E-state index in [2.05, 4.69) is 21.0 Å². The van der Waals surface area contributed by atoms with Crippen LogP contribution >= 0.6 is 15.9 Å². The van der Waals surface area contributed by atoms with Crippen LogP contribution in [0, 0.1) is 0 Å². The number of benzene rings is 1. The van der Waals surface area contributed by atoms with Gasteiger partial charge in [0.05, 0.1) is 23.3 Å². The van der Waals surface area contributed by atoms with Gasteiger partial charge in [-0.25, -0.2) is 4.68 Å². The van der Waals surface area contributed by atoms with Gasteiger partial charge in [-0.3, -0.25) is 0 Å². The van der Waals surface area contributed by atoms with E-state index in [0.717, 1.165) is 53.1 Å². The number of aldehydes is 1. The summed E-state index contributed by atoms with van der Waals surface area (Å²) in [5.74, 6) is 0.712. The molecular formula is C15H17BrN2O3. The SMILES string of the molecule is COc1cc2cnn(C3CCCCO3)c2c(CC=O)c1Br. The number of halogens is 1. The van der Waals surface area contributed by atoms with Crippen LogP contribution in [0.5, 0.6) is 5.75 Å². The van der Waals surface area contributed by atoms with Crippen molar-refractivity contribution in [2.75, 3.05) is 13.7 Å². The van der Waals surface area contributed by atoms with Crippen LogP contribution in [0.1, 0.15) is 31.1 Å². The maximum atomic E-state index is 11.1. The van der Waals surface area contributed by atoms with Gasteiger partial charge in [-0.1, -0.05) is 0 Å². The second-order valence-corrected chi connectivity index (χ2v) is 5.88. The predicted octanol–water partition coefficient (Wildman–Crippen LogP) is 3.25.